The third-order valence-corrected chi connectivity index (χ3v) is 4.36. The van der Waals surface area contributed by atoms with Crippen LogP contribution in [0.1, 0.15) is 28.2 Å². The molecule has 0 amide bonds. The molecule has 4 nitrogen and oxygen atoms in total. The Morgan fingerprint density at radius 2 is 1.54 bits per heavy atom. The van der Waals surface area contributed by atoms with Crippen molar-refractivity contribution in [2.24, 2.45) is 5.73 Å². The lowest BCUT2D eigenvalue weighted by atomic mass is 9.88. The molecule has 0 bridgehead atoms. The van der Waals surface area contributed by atoms with E-state index in [1.54, 1.807) is 21.3 Å². The van der Waals surface area contributed by atoms with Gasteiger partial charge in [-0.05, 0) is 55.6 Å². The third-order valence-electron chi connectivity index (χ3n) is 4.36. The standard InChI is InChI=1S/C20H27NO3/c1-13-6-7-17(14(2)8-13)16(12-21)9-15-10-18(22-3)20(24-5)19(11-15)23-4/h6-8,10-11,16H,9,12,21H2,1-5H3. The van der Waals surface area contributed by atoms with Crippen molar-refractivity contribution in [1.29, 1.82) is 0 Å². The van der Waals surface area contributed by atoms with E-state index < -0.39 is 0 Å². The maximum absolute atomic E-state index is 6.07. The summed E-state index contributed by atoms with van der Waals surface area (Å²) in [6.45, 7) is 4.83. The van der Waals surface area contributed by atoms with Crippen molar-refractivity contribution in [2.45, 2.75) is 26.2 Å². The van der Waals surface area contributed by atoms with Crippen LogP contribution in [0.25, 0.3) is 0 Å². The number of nitrogens with two attached hydrogens (primary N) is 1. The predicted octanol–water partition coefficient (Wildman–Crippen LogP) is 3.61. The van der Waals surface area contributed by atoms with Gasteiger partial charge in [0.2, 0.25) is 5.75 Å². The van der Waals surface area contributed by atoms with Crippen molar-refractivity contribution in [3.05, 3.63) is 52.6 Å². The van der Waals surface area contributed by atoms with Gasteiger partial charge < -0.3 is 19.9 Å². The molecule has 2 aromatic rings. The first-order valence-electron chi connectivity index (χ1n) is 8.10. The molecule has 0 aliphatic carbocycles. The largest absolute Gasteiger partial charge is 0.493 e. The lowest BCUT2D eigenvalue weighted by molar-refractivity contribution is 0.323. The minimum Gasteiger partial charge on any atom is -0.493 e. The summed E-state index contributed by atoms with van der Waals surface area (Å²) in [7, 11) is 4.87. The molecular weight excluding hydrogens is 302 g/mol. The van der Waals surface area contributed by atoms with Crippen LogP contribution in [0.3, 0.4) is 0 Å². The van der Waals surface area contributed by atoms with E-state index in [9.17, 15) is 0 Å². The summed E-state index contributed by atoms with van der Waals surface area (Å²) in [5.41, 5.74) is 11.0. The topological polar surface area (TPSA) is 53.7 Å². The highest BCUT2D eigenvalue weighted by Crippen LogP contribution is 2.39. The first-order chi connectivity index (χ1) is 11.5. The second kappa shape index (κ2) is 8.06. The Hall–Kier alpha value is -2.20. The fraction of sp³-hybridized carbons (Fsp3) is 0.400. The van der Waals surface area contributed by atoms with E-state index in [2.05, 4.69) is 32.0 Å². The zero-order valence-corrected chi connectivity index (χ0v) is 15.2. The summed E-state index contributed by atoms with van der Waals surface area (Å²) in [4.78, 5) is 0. The third kappa shape index (κ3) is 3.82. The van der Waals surface area contributed by atoms with Crippen molar-refractivity contribution in [1.82, 2.24) is 0 Å². The van der Waals surface area contributed by atoms with E-state index in [4.69, 9.17) is 19.9 Å². The van der Waals surface area contributed by atoms with Crippen molar-refractivity contribution < 1.29 is 14.2 Å². The molecule has 2 N–H and O–H groups in total. The monoisotopic (exact) mass is 329 g/mol. The Morgan fingerprint density at radius 3 is 2.00 bits per heavy atom. The number of ether oxygens (including phenoxy) is 3. The second-order valence-electron chi connectivity index (χ2n) is 6.03. The van der Waals surface area contributed by atoms with E-state index in [1.807, 2.05) is 12.1 Å². The zero-order valence-electron chi connectivity index (χ0n) is 15.2. The lowest BCUT2D eigenvalue weighted by Gasteiger charge is -2.20. The van der Waals surface area contributed by atoms with Gasteiger partial charge in [-0.15, -0.1) is 0 Å². The molecule has 24 heavy (non-hydrogen) atoms. The first-order valence-corrected chi connectivity index (χ1v) is 8.10. The molecule has 0 heterocycles. The minimum absolute atomic E-state index is 0.244. The highest BCUT2D eigenvalue weighted by atomic mass is 16.5. The number of benzene rings is 2. The molecule has 0 aromatic heterocycles. The molecular formula is C20H27NO3. The number of aryl methyl sites for hydroxylation is 2. The zero-order chi connectivity index (χ0) is 17.7. The van der Waals surface area contributed by atoms with Gasteiger partial charge in [-0.1, -0.05) is 23.8 Å². The van der Waals surface area contributed by atoms with Gasteiger partial charge >= 0.3 is 0 Å². The molecule has 0 radical (unpaired) electrons. The van der Waals surface area contributed by atoms with Gasteiger partial charge in [-0.25, -0.2) is 0 Å². The minimum atomic E-state index is 0.244. The van der Waals surface area contributed by atoms with E-state index in [1.165, 1.54) is 16.7 Å². The molecule has 0 spiro atoms. The SMILES string of the molecule is COc1cc(CC(CN)c2ccc(C)cc2C)cc(OC)c1OC. The highest BCUT2D eigenvalue weighted by molar-refractivity contribution is 5.54. The number of hydrogen-bond acceptors (Lipinski definition) is 4. The van der Waals surface area contributed by atoms with Crippen LogP contribution in [0.2, 0.25) is 0 Å². The van der Waals surface area contributed by atoms with Crippen LogP contribution in [0.5, 0.6) is 17.2 Å². The first kappa shape index (κ1) is 18.1. The van der Waals surface area contributed by atoms with E-state index in [0.717, 1.165) is 12.0 Å². The Balaban J connectivity index is 2.37. The molecule has 4 heteroatoms. The van der Waals surface area contributed by atoms with Crippen LogP contribution in [-0.4, -0.2) is 27.9 Å². The molecule has 0 aliphatic heterocycles. The Kier molecular flexibility index (Phi) is 6.10. The Bertz CT molecular complexity index is 672. The molecule has 130 valence electrons. The fourth-order valence-electron chi connectivity index (χ4n) is 3.14. The smallest absolute Gasteiger partial charge is 0.203 e. The summed E-state index contributed by atoms with van der Waals surface area (Å²) < 4.78 is 16.3. The molecule has 1 unspecified atom stereocenters. The van der Waals surface area contributed by atoms with Gasteiger partial charge in [0, 0.05) is 5.92 Å². The fourth-order valence-corrected chi connectivity index (χ4v) is 3.14. The van der Waals surface area contributed by atoms with Crippen LogP contribution in [-0.2, 0) is 6.42 Å². The number of hydrogen-bond donors (Lipinski definition) is 1. The maximum atomic E-state index is 6.07. The molecule has 0 fully saturated rings. The normalized spacial score (nSPS) is 11.9. The quantitative estimate of drug-likeness (QED) is 0.843. The van der Waals surface area contributed by atoms with Crippen molar-refractivity contribution >= 4 is 0 Å². The average molecular weight is 329 g/mol. The van der Waals surface area contributed by atoms with Crippen molar-refractivity contribution in [3.8, 4) is 17.2 Å². The van der Waals surface area contributed by atoms with Gasteiger partial charge in [0.15, 0.2) is 11.5 Å². The molecule has 0 saturated heterocycles. The molecule has 1 atom stereocenters. The summed E-state index contributed by atoms with van der Waals surface area (Å²) in [6, 6.07) is 10.5. The van der Waals surface area contributed by atoms with Crippen LogP contribution in [0.4, 0.5) is 0 Å². The van der Waals surface area contributed by atoms with Crippen molar-refractivity contribution in [3.63, 3.8) is 0 Å². The van der Waals surface area contributed by atoms with E-state index >= 15 is 0 Å². The Labute approximate surface area is 144 Å². The van der Waals surface area contributed by atoms with E-state index in [-0.39, 0.29) is 5.92 Å². The summed E-state index contributed by atoms with van der Waals surface area (Å²) >= 11 is 0. The maximum Gasteiger partial charge on any atom is 0.203 e. The molecule has 0 saturated carbocycles. The molecule has 2 aromatic carbocycles. The van der Waals surface area contributed by atoms with Crippen LogP contribution in [0.15, 0.2) is 30.3 Å². The summed E-state index contributed by atoms with van der Waals surface area (Å²) in [6.07, 6.45) is 0.817. The predicted molar refractivity (Wildman–Crippen MR) is 97.5 cm³/mol. The van der Waals surface area contributed by atoms with Gasteiger partial charge in [-0.3, -0.25) is 0 Å². The molecule has 2 rings (SSSR count). The van der Waals surface area contributed by atoms with Crippen LogP contribution in [0, 0.1) is 13.8 Å². The van der Waals surface area contributed by atoms with Gasteiger partial charge in [0.05, 0.1) is 21.3 Å². The van der Waals surface area contributed by atoms with Crippen LogP contribution < -0.4 is 19.9 Å². The van der Waals surface area contributed by atoms with Gasteiger partial charge in [-0.2, -0.15) is 0 Å². The Morgan fingerprint density at radius 1 is 0.917 bits per heavy atom. The second-order valence-corrected chi connectivity index (χ2v) is 6.03. The van der Waals surface area contributed by atoms with Gasteiger partial charge in [0.25, 0.3) is 0 Å². The highest BCUT2D eigenvalue weighted by Gasteiger charge is 2.18. The lowest BCUT2D eigenvalue weighted by Crippen LogP contribution is -2.16. The van der Waals surface area contributed by atoms with E-state index in [0.29, 0.717) is 23.8 Å². The van der Waals surface area contributed by atoms with Crippen molar-refractivity contribution in [2.75, 3.05) is 27.9 Å². The summed E-state index contributed by atoms with van der Waals surface area (Å²) in [5, 5.41) is 0. The average Bonchev–Trinajstić information content (AvgIpc) is 2.59. The van der Waals surface area contributed by atoms with Crippen LogP contribution >= 0.6 is 0 Å². The number of methoxy groups -OCH3 is 3. The summed E-state index contributed by atoms with van der Waals surface area (Å²) in [5.74, 6) is 2.19. The number of rotatable bonds is 7. The van der Waals surface area contributed by atoms with Gasteiger partial charge in [0.1, 0.15) is 0 Å². The molecule has 0 aliphatic rings.